The molecule has 0 aromatic carbocycles. The van der Waals surface area contributed by atoms with Gasteiger partial charge < -0.3 is 14.7 Å². The van der Waals surface area contributed by atoms with E-state index in [-0.39, 0.29) is 21.7 Å². The summed E-state index contributed by atoms with van der Waals surface area (Å²) in [6.45, 7) is 0. The fourth-order valence-corrected chi connectivity index (χ4v) is 0. The molecule has 47 valence electrons. The normalized spacial score (nSPS) is 7.75. The van der Waals surface area contributed by atoms with Gasteiger partial charge in [-0.2, -0.15) is 0 Å². The van der Waals surface area contributed by atoms with Gasteiger partial charge >= 0.3 is 28.9 Å². The quantitative estimate of drug-likeness (QED) is 0.352. The second-order valence-electron chi connectivity index (χ2n) is 0.513. The monoisotopic (exact) mass is 213 g/mol. The maximum absolute atomic E-state index is 8.88. The van der Waals surface area contributed by atoms with E-state index in [1.54, 1.807) is 0 Å². The molecule has 0 bridgehead atoms. The molecule has 0 atom stereocenters. The predicted molar refractivity (Wildman–Crippen MR) is 14.9 cm³/mol. The predicted octanol–water partition coefficient (Wildman–Crippen LogP) is -1.05. The summed E-state index contributed by atoms with van der Waals surface area (Å²) in [7, 11) is -4.64. The maximum Gasteiger partial charge on any atom is 0 e. The molecule has 0 saturated heterocycles. The zero-order chi connectivity index (χ0) is 6.50. The van der Waals surface area contributed by atoms with Crippen molar-refractivity contribution in [1.29, 1.82) is 0 Å². The van der Waals surface area contributed by atoms with E-state index in [9.17, 15) is 0 Å². The van der Waals surface area contributed by atoms with Crippen LogP contribution in [0.3, 0.4) is 0 Å². The number of phosphoric acid groups is 1. The molecule has 3 N–H and O–H groups in total. The first-order valence-electron chi connectivity index (χ1n) is 0.965. The molecule has 0 fully saturated rings. The van der Waals surface area contributed by atoms with Gasteiger partial charge in [-0.05, 0) is 0 Å². The summed E-state index contributed by atoms with van der Waals surface area (Å²) in [5.74, 6) is 0. The van der Waals surface area contributed by atoms with Crippen LogP contribution >= 0.6 is 7.82 Å². The van der Waals surface area contributed by atoms with Crippen LogP contribution in [0.1, 0.15) is 0 Å². The van der Waals surface area contributed by atoms with E-state index in [2.05, 4.69) is 0 Å². The van der Waals surface area contributed by atoms with E-state index < -0.39 is 7.82 Å². The molecule has 0 radical (unpaired) electrons. The van der Waals surface area contributed by atoms with E-state index in [0.29, 0.717) is 0 Å². The third-order valence-corrected chi connectivity index (χ3v) is 0. The summed E-state index contributed by atoms with van der Waals surface area (Å²) in [6.07, 6.45) is 0. The van der Waals surface area contributed by atoms with Crippen molar-refractivity contribution in [2.24, 2.45) is 0 Å². The first-order chi connectivity index (χ1) is 3.00. The zero-order valence-corrected chi connectivity index (χ0v) is 7.41. The van der Waals surface area contributed by atoms with Gasteiger partial charge in [0.25, 0.3) is 0 Å². The van der Waals surface area contributed by atoms with Crippen LogP contribution < -0.4 is 0 Å². The average Bonchev–Trinajstić information content (AvgIpc) is 1.36. The Bertz CT molecular complexity index is 68.2. The van der Waals surface area contributed by atoms with E-state index in [4.69, 9.17) is 22.9 Å². The van der Waals surface area contributed by atoms with Crippen LogP contribution in [0.15, 0.2) is 0 Å². The van der Waals surface area contributed by atoms with Crippen molar-refractivity contribution in [2.45, 2.75) is 0 Å². The molecular formula is H3O5PTiV. The van der Waals surface area contributed by atoms with Crippen molar-refractivity contribution >= 4 is 7.82 Å². The van der Waals surface area contributed by atoms with Gasteiger partial charge in [-0.1, -0.05) is 0 Å². The van der Waals surface area contributed by atoms with Gasteiger partial charge in [-0.15, -0.1) is 0 Å². The summed E-state index contributed by atoms with van der Waals surface area (Å²) < 4.78 is 17.1. The van der Waals surface area contributed by atoms with E-state index >= 15 is 0 Å². The SMILES string of the molecule is O=P(O)(O)O.[O]=[V].[Ti]. The molecule has 0 saturated carbocycles. The summed E-state index contributed by atoms with van der Waals surface area (Å²) in [6, 6.07) is 0. The Labute approximate surface area is 69.8 Å². The topological polar surface area (TPSA) is 94.8 Å². The smallest absolute Gasteiger partial charge is 0 e. The van der Waals surface area contributed by atoms with Crippen molar-refractivity contribution in [2.75, 3.05) is 0 Å². The van der Waals surface area contributed by atoms with E-state index in [1.165, 1.54) is 0 Å². The molecular weight excluding hydrogens is 210 g/mol. The minimum Gasteiger partial charge on any atom is 0 e. The molecule has 8 heavy (non-hydrogen) atoms. The van der Waals surface area contributed by atoms with Gasteiger partial charge in [0, 0.05) is 21.7 Å². The second kappa shape index (κ2) is 8.21. The van der Waals surface area contributed by atoms with Crippen LogP contribution in [-0.4, -0.2) is 14.7 Å². The molecule has 0 unspecified atom stereocenters. The molecule has 8 heteroatoms. The van der Waals surface area contributed by atoms with Gasteiger partial charge in [-0.25, -0.2) is 4.57 Å². The van der Waals surface area contributed by atoms with Crippen LogP contribution in [0, 0.1) is 0 Å². The van der Waals surface area contributed by atoms with Gasteiger partial charge in [0.05, 0.1) is 0 Å². The second-order valence-corrected chi connectivity index (χ2v) is 1.54. The van der Waals surface area contributed by atoms with Crippen molar-refractivity contribution < 1.29 is 62.0 Å². The van der Waals surface area contributed by atoms with Crippen molar-refractivity contribution in [1.82, 2.24) is 0 Å². The molecule has 5 nitrogen and oxygen atoms in total. The van der Waals surface area contributed by atoms with Crippen molar-refractivity contribution in [3.63, 3.8) is 0 Å². The Morgan fingerprint density at radius 1 is 1.12 bits per heavy atom. The first kappa shape index (κ1) is 16.1. The fraction of sp³-hybridized carbons (Fsp3) is 0. The molecule has 0 spiro atoms. The third kappa shape index (κ3) is 190. The van der Waals surface area contributed by atoms with Crippen LogP contribution in [0.5, 0.6) is 0 Å². The molecule has 0 aliphatic carbocycles. The van der Waals surface area contributed by atoms with E-state index in [1.807, 2.05) is 0 Å². The third-order valence-electron chi connectivity index (χ3n) is 0. The molecule has 0 rings (SSSR count). The molecule has 0 aliphatic rings. The summed E-state index contributed by atoms with van der Waals surface area (Å²) >= 11 is 1.06. The Morgan fingerprint density at radius 3 is 1.12 bits per heavy atom. The molecule has 0 amide bonds. The maximum atomic E-state index is 8.88. The Morgan fingerprint density at radius 2 is 1.12 bits per heavy atom. The molecule has 0 aliphatic heterocycles. The summed E-state index contributed by atoms with van der Waals surface area (Å²) in [4.78, 5) is 21.6. The van der Waals surface area contributed by atoms with Crippen LogP contribution in [0.25, 0.3) is 0 Å². The Balaban J connectivity index is -0.0000000750. The number of rotatable bonds is 0. The molecule has 0 heterocycles. The van der Waals surface area contributed by atoms with Crippen LogP contribution in [0.4, 0.5) is 0 Å². The Kier molecular flexibility index (Phi) is 16.5. The molecule has 0 aromatic rings. The number of hydrogen-bond donors (Lipinski definition) is 3. The summed E-state index contributed by atoms with van der Waals surface area (Å²) in [5.41, 5.74) is 0. The molecule has 0 aromatic heterocycles. The summed E-state index contributed by atoms with van der Waals surface area (Å²) in [5, 5.41) is 0. The Hall–Kier alpha value is 1.21. The van der Waals surface area contributed by atoms with Gasteiger partial charge in [-0.3, -0.25) is 0 Å². The minimum atomic E-state index is -4.64. The van der Waals surface area contributed by atoms with Crippen molar-refractivity contribution in [3.8, 4) is 0 Å². The van der Waals surface area contributed by atoms with E-state index in [0.717, 1.165) is 17.4 Å². The largest absolute Gasteiger partial charge is 0 e. The van der Waals surface area contributed by atoms with Crippen molar-refractivity contribution in [3.05, 3.63) is 0 Å². The van der Waals surface area contributed by atoms with Crippen LogP contribution in [-0.2, 0) is 47.3 Å². The van der Waals surface area contributed by atoms with Gasteiger partial charge in [0.1, 0.15) is 0 Å². The average molecular weight is 213 g/mol. The fourth-order valence-electron chi connectivity index (χ4n) is 0. The number of hydrogen-bond acceptors (Lipinski definition) is 2. The zero-order valence-electron chi connectivity index (χ0n) is 3.55. The first-order valence-corrected chi connectivity index (χ1v) is 3.10. The standard InChI is InChI=1S/H3O4P.O.Ti.V/c1-5(2,3)4;;;/h(H3,1,2,3,4);;;. The van der Waals surface area contributed by atoms with Gasteiger partial charge in [0.2, 0.25) is 0 Å². The van der Waals surface area contributed by atoms with Gasteiger partial charge in [0.15, 0.2) is 0 Å². The minimum absolute atomic E-state index is 0. The van der Waals surface area contributed by atoms with Crippen LogP contribution in [0.2, 0.25) is 0 Å².